The van der Waals surface area contributed by atoms with Crippen LogP contribution in [0.3, 0.4) is 0 Å². The van der Waals surface area contributed by atoms with Gasteiger partial charge in [-0.3, -0.25) is 9.69 Å². The molecular formula is C22H22FN5O. The summed E-state index contributed by atoms with van der Waals surface area (Å²) in [5.41, 5.74) is 4.98. The Morgan fingerprint density at radius 1 is 1.17 bits per heavy atom. The van der Waals surface area contributed by atoms with Gasteiger partial charge in [0, 0.05) is 38.4 Å². The number of nitriles is 1. The van der Waals surface area contributed by atoms with Crippen LogP contribution >= 0.6 is 0 Å². The van der Waals surface area contributed by atoms with Gasteiger partial charge in [-0.05, 0) is 49.2 Å². The summed E-state index contributed by atoms with van der Waals surface area (Å²) in [6, 6.07) is 10.7. The van der Waals surface area contributed by atoms with Crippen LogP contribution in [0.4, 0.5) is 10.1 Å². The van der Waals surface area contributed by atoms with Crippen LogP contribution in [0, 0.1) is 31.0 Å². The van der Waals surface area contributed by atoms with Crippen molar-refractivity contribution in [1.82, 2.24) is 14.9 Å². The van der Waals surface area contributed by atoms with Gasteiger partial charge in [0.05, 0.1) is 16.6 Å². The standard InChI is InChI=1S/C22H22FN5O/c1-14-9-16(10-20-21(14)25-15(2)22(29)26-20)13-27-5-7-28(8-6-27)18-4-3-17(12-24)19(23)11-18/h3-4,9-11H,5-8,13H2,1-2H3,(H,26,29). The highest BCUT2D eigenvalue weighted by atomic mass is 19.1. The van der Waals surface area contributed by atoms with E-state index in [1.807, 2.05) is 19.1 Å². The predicted octanol–water partition coefficient (Wildman–Crippen LogP) is 2.87. The number of nitrogens with one attached hydrogen (secondary N) is 1. The van der Waals surface area contributed by atoms with Crippen LogP contribution in [0.5, 0.6) is 0 Å². The lowest BCUT2D eigenvalue weighted by molar-refractivity contribution is 0.250. The molecule has 1 fully saturated rings. The van der Waals surface area contributed by atoms with Crippen LogP contribution in [0.25, 0.3) is 11.0 Å². The highest BCUT2D eigenvalue weighted by Crippen LogP contribution is 2.22. The molecule has 0 spiro atoms. The summed E-state index contributed by atoms with van der Waals surface area (Å²) in [6.45, 7) is 7.77. The number of aromatic nitrogens is 2. The van der Waals surface area contributed by atoms with E-state index in [1.54, 1.807) is 13.0 Å². The molecule has 0 atom stereocenters. The van der Waals surface area contributed by atoms with Crippen LogP contribution in [0.15, 0.2) is 35.1 Å². The third-order valence-corrected chi connectivity index (χ3v) is 5.43. The van der Waals surface area contributed by atoms with E-state index < -0.39 is 5.82 Å². The third-order valence-electron chi connectivity index (χ3n) is 5.43. The molecule has 1 aromatic heterocycles. The van der Waals surface area contributed by atoms with Crippen molar-refractivity contribution in [3.8, 4) is 6.07 Å². The lowest BCUT2D eigenvalue weighted by Crippen LogP contribution is -2.46. The van der Waals surface area contributed by atoms with Crippen molar-refractivity contribution in [2.75, 3.05) is 31.1 Å². The molecule has 2 heterocycles. The first-order chi connectivity index (χ1) is 13.9. The van der Waals surface area contributed by atoms with E-state index in [1.165, 1.54) is 12.1 Å². The fourth-order valence-electron chi connectivity index (χ4n) is 3.83. The zero-order chi connectivity index (χ0) is 20.5. The minimum Gasteiger partial charge on any atom is -0.369 e. The predicted molar refractivity (Wildman–Crippen MR) is 110 cm³/mol. The molecule has 3 aromatic rings. The van der Waals surface area contributed by atoms with Gasteiger partial charge in [0.15, 0.2) is 0 Å². The monoisotopic (exact) mass is 391 g/mol. The van der Waals surface area contributed by atoms with E-state index in [0.29, 0.717) is 5.69 Å². The second-order valence-corrected chi connectivity index (χ2v) is 7.50. The van der Waals surface area contributed by atoms with Gasteiger partial charge in [-0.15, -0.1) is 0 Å². The molecule has 0 bridgehead atoms. The molecule has 0 amide bonds. The van der Waals surface area contributed by atoms with E-state index in [4.69, 9.17) is 5.26 Å². The Morgan fingerprint density at radius 2 is 1.93 bits per heavy atom. The average molecular weight is 391 g/mol. The van der Waals surface area contributed by atoms with Gasteiger partial charge in [-0.2, -0.15) is 5.26 Å². The van der Waals surface area contributed by atoms with Crippen LogP contribution in [0.2, 0.25) is 0 Å². The summed E-state index contributed by atoms with van der Waals surface area (Å²) >= 11 is 0. The fourth-order valence-corrected chi connectivity index (χ4v) is 3.83. The number of hydrogen-bond acceptors (Lipinski definition) is 5. The summed E-state index contributed by atoms with van der Waals surface area (Å²) in [7, 11) is 0. The Balaban J connectivity index is 1.46. The molecule has 0 radical (unpaired) electrons. The lowest BCUT2D eigenvalue weighted by Gasteiger charge is -2.36. The van der Waals surface area contributed by atoms with Crippen LogP contribution in [-0.2, 0) is 6.54 Å². The van der Waals surface area contributed by atoms with Crippen molar-refractivity contribution in [1.29, 1.82) is 5.26 Å². The van der Waals surface area contributed by atoms with Crippen molar-refractivity contribution in [3.05, 3.63) is 68.9 Å². The summed E-state index contributed by atoms with van der Waals surface area (Å²) in [5, 5.41) is 8.88. The van der Waals surface area contributed by atoms with Crippen LogP contribution < -0.4 is 10.5 Å². The molecule has 0 aliphatic carbocycles. The molecule has 1 aliphatic heterocycles. The third kappa shape index (κ3) is 3.84. The first kappa shape index (κ1) is 19.1. The van der Waals surface area contributed by atoms with Crippen molar-refractivity contribution in [2.24, 2.45) is 0 Å². The maximum atomic E-state index is 13.9. The molecule has 1 saturated heterocycles. The van der Waals surface area contributed by atoms with E-state index >= 15 is 0 Å². The Bertz CT molecular complexity index is 1170. The number of aryl methyl sites for hydroxylation is 2. The van der Waals surface area contributed by atoms with Crippen LogP contribution in [-0.4, -0.2) is 41.0 Å². The smallest absolute Gasteiger partial charge is 0.269 e. The van der Waals surface area contributed by atoms with Crippen molar-refractivity contribution < 1.29 is 4.39 Å². The normalized spacial score (nSPS) is 14.9. The van der Waals surface area contributed by atoms with Gasteiger partial charge in [-0.25, -0.2) is 9.37 Å². The molecule has 0 saturated carbocycles. The number of rotatable bonds is 3. The number of H-pyrrole nitrogens is 1. The Kier molecular flexibility index (Phi) is 5.03. The molecule has 7 heteroatoms. The van der Waals surface area contributed by atoms with E-state index in [2.05, 4.69) is 25.8 Å². The zero-order valence-electron chi connectivity index (χ0n) is 16.5. The first-order valence-electron chi connectivity index (χ1n) is 9.61. The largest absolute Gasteiger partial charge is 0.369 e. The topological polar surface area (TPSA) is 76.0 Å². The van der Waals surface area contributed by atoms with Crippen molar-refractivity contribution in [3.63, 3.8) is 0 Å². The van der Waals surface area contributed by atoms with E-state index in [0.717, 1.165) is 60.6 Å². The second kappa shape index (κ2) is 7.64. The van der Waals surface area contributed by atoms with Gasteiger partial charge in [-0.1, -0.05) is 6.07 Å². The van der Waals surface area contributed by atoms with Gasteiger partial charge in [0.1, 0.15) is 17.6 Å². The fraction of sp³-hybridized carbons (Fsp3) is 0.318. The van der Waals surface area contributed by atoms with Crippen molar-refractivity contribution >= 4 is 16.7 Å². The Hall–Kier alpha value is -3.24. The molecule has 148 valence electrons. The number of hydrogen-bond donors (Lipinski definition) is 1. The molecule has 6 nitrogen and oxygen atoms in total. The molecule has 1 aliphatic rings. The van der Waals surface area contributed by atoms with E-state index in [-0.39, 0.29) is 11.1 Å². The Labute approximate surface area is 168 Å². The highest BCUT2D eigenvalue weighted by molar-refractivity contribution is 5.78. The molecule has 2 aromatic carbocycles. The van der Waals surface area contributed by atoms with Gasteiger partial charge >= 0.3 is 0 Å². The van der Waals surface area contributed by atoms with Gasteiger partial charge in [0.2, 0.25) is 0 Å². The minimum atomic E-state index is -0.475. The van der Waals surface area contributed by atoms with Gasteiger partial charge in [0.25, 0.3) is 5.56 Å². The molecule has 4 rings (SSSR count). The van der Waals surface area contributed by atoms with Crippen LogP contribution in [0.1, 0.15) is 22.4 Å². The van der Waals surface area contributed by atoms with Crippen molar-refractivity contribution in [2.45, 2.75) is 20.4 Å². The lowest BCUT2D eigenvalue weighted by atomic mass is 10.1. The highest BCUT2D eigenvalue weighted by Gasteiger charge is 2.19. The number of aromatic amines is 1. The average Bonchev–Trinajstić information content (AvgIpc) is 2.70. The number of piperazine rings is 1. The zero-order valence-corrected chi connectivity index (χ0v) is 16.5. The number of fused-ring (bicyclic) bond motifs is 1. The maximum absolute atomic E-state index is 13.9. The number of halogens is 1. The van der Waals surface area contributed by atoms with E-state index in [9.17, 15) is 9.18 Å². The molecule has 1 N–H and O–H groups in total. The molecular weight excluding hydrogens is 369 g/mol. The molecule has 0 unspecified atom stereocenters. The SMILES string of the molecule is Cc1nc2c(C)cc(CN3CCN(c4ccc(C#N)c(F)c4)CC3)cc2[nH]c1=O. The Morgan fingerprint density at radius 3 is 2.62 bits per heavy atom. The number of nitrogens with zero attached hydrogens (tertiary/aromatic N) is 4. The number of anilines is 1. The van der Waals surface area contributed by atoms with Gasteiger partial charge < -0.3 is 9.88 Å². The molecule has 29 heavy (non-hydrogen) atoms. The quantitative estimate of drug-likeness (QED) is 0.743. The number of benzene rings is 2. The summed E-state index contributed by atoms with van der Waals surface area (Å²) in [5.74, 6) is -0.475. The summed E-state index contributed by atoms with van der Waals surface area (Å²) in [6.07, 6.45) is 0. The maximum Gasteiger partial charge on any atom is 0.269 e. The minimum absolute atomic E-state index is 0.0711. The summed E-state index contributed by atoms with van der Waals surface area (Å²) in [4.78, 5) is 23.7. The second-order valence-electron chi connectivity index (χ2n) is 7.50. The summed E-state index contributed by atoms with van der Waals surface area (Å²) < 4.78 is 13.9. The first-order valence-corrected chi connectivity index (χ1v) is 9.61.